The van der Waals surface area contributed by atoms with Crippen LogP contribution in [-0.2, 0) is 24.2 Å². The van der Waals surface area contributed by atoms with Gasteiger partial charge in [-0.1, -0.05) is 30.3 Å². The van der Waals surface area contributed by atoms with Crippen LogP contribution >= 0.6 is 11.3 Å². The molecule has 1 amide bonds. The number of imidazole rings is 1. The highest BCUT2D eigenvalue weighted by Crippen LogP contribution is 2.08. The topological polar surface area (TPSA) is 46.9 Å². The predicted octanol–water partition coefficient (Wildman–Crippen LogP) is 3.28. The Hall–Kier alpha value is -2.40. The molecule has 1 N–H and O–H groups in total. The van der Waals surface area contributed by atoms with Gasteiger partial charge in [0.15, 0.2) is 0 Å². The first-order chi connectivity index (χ1) is 11.8. The third-order valence-electron chi connectivity index (χ3n) is 3.89. The molecule has 0 bridgehead atoms. The second-order valence-electron chi connectivity index (χ2n) is 5.69. The summed E-state index contributed by atoms with van der Waals surface area (Å²) in [6.07, 6.45) is 5.88. The number of benzene rings is 1. The Kier molecular flexibility index (Phi) is 5.80. The summed E-state index contributed by atoms with van der Waals surface area (Å²) in [5.74, 6) is 1.10. The zero-order valence-electron chi connectivity index (χ0n) is 13.5. The molecular weight excluding hydrogens is 318 g/mol. The Bertz CT molecular complexity index is 750. The predicted molar refractivity (Wildman–Crippen MR) is 97.1 cm³/mol. The van der Waals surface area contributed by atoms with Crippen molar-refractivity contribution in [2.24, 2.45) is 0 Å². The zero-order valence-corrected chi connectivity index (χ0v) is 14.3. The molecule has 24 heavy (non-hydrogen) atoms. The maximum absolute atomic E-state index is 11.9. The van der Waals surface area contributed by atoms with Gasteiger partial charge in [-0.25, -0.2) is 4.98 Å². The lowest BCUT2D eigenvalue weighted by atomic mass is 10.2. The fourth-order valence-electron chi connectivity index (χ4n) is 2.59. The van der Waals surface area contributed by atoms with Gasteiger partial charge in [-0.15, -0.1) is 0 Å². The Morgan fingerprint density at radius 3 is 2.79 bits per heavy atom. The Morgan fingerprint density at radius 1 is 1.12 bits per heavy atom. The van der Waals surface area contributed by atoms with Crippen molar-refractivity contribution in [1.29, 1.82) is 0 Å². The maximum atomic E-state index is 11.9. The molecule has 0 fully saturated rings. The van der Waals surface area contributed by atoms with Crippen LogP contribution in [-0.4, -0.2) is 22.0 Å². The number of rotatable bonds is 8. The zero-order chi connectivity index (χ0) is 16.6. The van der Waals surface area contributed by atoms with Crippen molar-refractivity contribution >= 4 is 17.2 Å². The van der Waals surface area contributed by atoms with E-state index < -0.39 is 0 Å². The molecule has 124 valence electrons. The molecule has 0 aliphatic heterocycles. The standard InChI is InChI=1S/C19H21N3OS/c23-19(7-6-17-9-13-24-15-17)21-10-8-18-20-11-12-22(18)14-16-4-2-1-3-5-16/h1-5,9,11-13,15H,6-8,10,14H2,(H,21,23). The number of carbonyl (C=O) groups is 1. The van der Waals surface area contributed by atoms with E-state index in [-0.39, 0.29) is 5.91 Å². The summed E-state index contributed by atoms with van der Waals surface area (Å²) in [6.45, 7) is 1.43. The van der Waals surface area contributed by atoms with Gasteiger partial charge in [-0.2, -0.15) is 11.3 Å². The normalized spacial score (nSPS) is 10.7. The van der Waals surface area contributed by atoms with Crippen molar-refractivity contribution in [3.05, 3.63) is 76.5 Å². The molecule has 0 spiro atoms. The fourth-order valence-corrected chi connectivity index (χ4v) is 3.29. The molecule has 0 unspecified atom stereocenters. The van der Waals surface area contributed by atoms with Crippen molar-refractivity contribution in [3.8, 4) is 0 Å². The van der Waals surface area contributed by atoms with E-state index in [1.807, 2.05) is 36.0 Å². The first-order valence-corrected chi connectivity index (χ1v) is 9.07. The Labute approximate surface area is 146 Å². The van der Waals surface area contributed by atoms with Gasteiger partial charge in [-0.3, -0.25) is 4.79 Å². The highest BCUT2D eigenvalue weighted by molar-refractivity contribution is 7.07. The summed E-state index contributed by atoms with van der Waals surface area (Å²) in [7, 11) is 0. The molecule has 2 heterocycles. The molecule has 4 nitrogen and oxygen atoms in total. The van der Waals surface area contributed by atoms with E-state index in [2.05, 4.69) is 38.4 Å². The fraction of sp³-hybridized carbons (Fsp3) is 0.263. The maximum Gasteiger partial charge on any atom is 0.220 e. The molecule has 3 rings (SSSR count). The quantitative estimate of drug-likeness (QED) is 0.684. The van der Waals surface area contributed by atoms with Crippen molar-refractivity contribution in [2.75, 3.05) is 6.54 Å². The summed E-state index contributed by atoms with van der Waals surface area (Å²) in [5, 5.41) is 7.12. The van der Waals surface area contributed by atoms with Gasteiger partial charge in [0.1, 0.15) is 5.82 Å². The molecule has 5 heteroatoms. The monoisotopic (exact) mass is 339 g/mol. The highest BCUT2D eigenvalue weighted by Gasteiger charge is 2.06. The molecule has 0 saturated heterocycles. The number of carbonyl (C=O) groups excluding carboxylic acids is 1. The third-order valence-corrected chi connectivity index (χ3v) is 4.62. The minimum Gasteiger partial charge on any atom is -0.356 e. The summed E-state index contributed by atoms with van der Waals surface area (Å²) < 4.78 is 2.13. The minimum atomic E-state index is 0.0994. The number of aryl methyl sites for hydroxylation is 1. The molecule has 0 saturated carbocycles. The molecule has 2 aromatic heterocycles. The number of aromatic nitrogens is 2. The van der Waals surface area contributed by atoms with Gasteiger partial charge >= 0.3 is 0 Å². The van der Waals surface area contributed by atoms with Crippen molar-refractivity contribution < 1.29 is 4.79 Å². The van der Waals surface area contributed by atoms with E-state index in [1.54, 1.807) is 11.3 Å². The second-order valence-corrected chi connectivity index (χ2v) is 6.47. The molecular formula is C19H21N3OS. The first kappa shape index (κ1) is 16.5. The number of hydrogen-bond acceptors (Lipinski definition) is 3. The van der Waals surface area contributed by atoms with E-state index >= 15 is 0 Å². The number of amides is 1. The summed E-state index contributed by atoms with van der Waals surface area (Å²) in [4.78, 5) is 16.3. The number of nitrogens with zero attached hydrogens (tertiary/aromatic N) is 2. The molecule has 0 aliphatic rings. The Balaban J connectivity index is 1.43. The largest absolute Gasteiger partial charge is 0.356 e. The van der Waals surface area contributed by atoms with Gasteiger partial charge in [0.25, 0.3) is 0 Å². The van der Waals surface area contributed by atoms with Gasteiger partial charge in [0, 0.05) is 38.3 Å². The minimum absolute atomic E-state index is 0.0994. The van der Waals surface area contributed by atoms with Crippen LogP contribution in [0.1, 0.15) is 23.4 Å². The van der Waals surface area contributed by atoms with Gasteiger partial charge in [0.05, 0.1) is 0 Å². The lowest BCUT2D eigenvalue weighted by Crippen LogP contribution is -2.26. The average molecular weight is 339 g/mol. The molecule has 0 atom stereocenters. The molecule has 1 aromatic carbocycles. The van der Waals surface area contributed by atoms with E-state index in [1.165, 1.54) is 11.1 Å². The van der Waals surface area contributed by atoms with Crippen LogP contribution in [0.2, 0.25) is 0 Å². The molecule has 0 aliphatic carbocycles. The van der Waals surface area contributed by atoms with Crippen LogP contribution < -0.4 is 5.32 Å². The van der Waals surface area contributed by atoms with Crippen molar-refractivity contribution in [3.63, 3.8) is 0 Å². The van der Waals surface area contributed by atoms with Crippen molar-refractivity contribution in [1.82, 2.24) is 14.9 Å². The van der Waals surface area contributed by atoms with Crippen LogP contribution in [0.25, 0.3) is 0 Å². The summed E-state index contributed by atoms with van der Waals surface area (Å²) in [6, 6.07) is 12.4. The third kappa shape index (κ3) is 4.80. The van der Waals surface area contributed by atoms with Gasteiger partial charge < -0.3 is 9.88 Å². The van der Waals surface area contributed by atoms with E-state index in [0.717, 1.165) is 25.2 Å². The Morgan fingerprint density at radius 2 is 2.00 bits per heavy atom. The van der Waals surface area contributed by atoms with Crippen LogP contribution in [0.4, 0.5) is 0 Å². The lowest BCUT2D eigenvalue weighted by Gasteiger charge is -2.09. The van der Waals surface area contributed by atoms with Gasteiger partial charge in [-0.05, 0) is 34.4 Å². The first-order valence-electron chi connectivity index (χ1n) is 8.13. The van der Waals surface area contributed by atoms with Crippen LogP contribution in [0.5, 0.6) is 0 Å². The highest BCUT2D eigenvalue weighted by atomic mass is 32.1. The van der Waals surface area contributed by atoms with Crippen LogP contribution in [0, 0.1) is 0 Å². The van der Waals surface area contributed by atoms with Crippen LogP contribution in [0.3, 0.4) is 0 Å². The number of thiophene rings is 1. The number of hydrogen-bond donors (Lipinski definition) is 1. The van der Waals surface area contributed by atoms with Crippen LogP contribution in [0.15, 0.2) is 59.6 Å². The van der Waals surface area contributed by atoms with Gasteiger partial charge in [0.2, 0.25) is 5.91 Å². The average Bonchev–Trinajstić information content (AvgIpc) is 3.26. The number of nitrogens with one attached hydrogen (secondary N) is 1. The SMILES string of the molecule is O=C(CCc1ccsc1)NCCc1nccn1Cc1ccccc1. The lowest BCUT2D eigenvalue weighted by molar-refractivity contribution is -0.121. The van der Waals surface area contributed by atoms with E-state index in [4.69, 9.17) is 0 Å². The smallest absolute Gasteiger partial charge is 0.220 e. The summed E-state index contributed by atoms with van der Waals surface area (Å²) >= 11 is 1.67. The molecule has 3 aromatic rings. The van der Waals surface area contributed by atoms with E-state index in [9.17, 15) is 4.79 Å². The van der Waals surface area contributed by atoms with Crippen molar-refractivity contribution in [2.45, 2.75) is 25.8 Å². The molecule has 0 radical (unpaired) electrons. The van der Waals surface area contributed by atoms with E-state index in [0.29, 0.717) is 13.0 Å². The second kappa shape index (κ2) is 8.45. The summed E-state index contributed by atoms with van der Waals surface area (Å²) in [5.41, 5.74) is 2.48.